The highest BCUT2D eigenvalue weighted by atomic mass is 16.3. The maximum Gasteiger partial charge on any atom is 0.323 e. The predicted octanol–water partition coefficient (Wildman–Crippen LogP) is 3.24. The molecule has 1 aromatic carbocycles. The molecule has 1 unspecified atom stereocenters. The average molecular weight is 271 g/mol. The molecule has 5 nitrogen and oxygen atoms in total. The number of H-pyrrole nitrogens is 2. The van der Waals surface area contributed by atoms with Gasteiger partial charge < -0.3 is 19.7 Å². The number of aromatic nitrogens is 2. The Morgan fingerprint density at radius 1 is 1.15 bits per heavy atom. The third-order valence-electron chi connectivity index (χ3n) is 3.45. The SMILES string of the molecule is Cc1cc(C(C)Nc2ccc3[nH]c(=O)[nH]c3c2)c(C)o1. The van der Waals surface area contributed by atoms with Crippen LogP contribution >= 0.6 is 0 Å². The molecule has 0 bridgehead atoms. The molecular weight excluding hydrogens is 254 g/mol. The van der Waals surface area contributed by atoms with E-state index in [-0.39, 0.29) is 11.7 Å². The molecule has 0 saturated heterocycles. The lowest BCUT2D eigenvalue weighted by Crippen LogP contribution is -2.06. The number of nitrogens with one attached hydrogen (secondary N) is 3. The van der Waals surface area contributed by atoms with Gasteiger partial charge in [0.25, 0.3) is 0 Å². The third kappa shape index (κ3) is 2.22. The van der Waals surface area contributed by atoms with Crippen LogP contribution in [0.25, 0.3) is 11.0 Å². The minimum absolute atomic E-state index is 0.135. The van der Waals surface area contributed by atoms with Crippen molar-refractivity contribution < 1.29 is 4.42 Å². The standard InChI is InChI=1S/C15H17N3O2/c1-8-6-12(10(3)20-8)9(2)16-11-4-5-13-14(7-11)18-15(19)17-13/h4-7,9,16H,1-3H3,(H2,17,18,19). The first-order valence-electron chi connectivity index (χ1n) is 6.58. The lowest BCUT2D eigenvalue weighted by Gasteiger charge is -2.14. The first-order valence-corrected chi connectivity index (χ1v) is 6.58. The van der Waals surface area contributed by atoms with Gasteiger partial charge in [0, 0.05) is 11.3 Å². The van der Waals surface area contributed by atoms with E-state index in [9.17, 15) is 4.79 Å². The van der Waals surface area contributed by atoms with Crippen molar-refractivity contribution in [3.05, 3.63) is 51.8 Å². The van der Waals surface area contributed by atoms with Gasteiger partial charge in [-0.15, -0.1) is 0 Å². The maximum atomic E-state index is 11.2. The summed E-state index contributed by atoms with van der Waals surface area (Å²) in [5, 5.41) is 3.42. The summed E-state index contributed by atoms with van der Waals surface area (Å²) >= 11 is 0. The average Bonchev–Trinajstić information content (AvgIpc) is 2.90. The van der Waals surface area contributed by atoms with Crippen molar-refractivity contribution in [2.75, 3.05) is 5.32 Å². The number of benzene rings is 1. The maximum absolute atomic E-state index is 11.2. The van der Waals surface area contributed by atoms with E-state index in [1.54, 1.807) is 0 Å². The summed E-state index contributed by atoms with van der Waals surface area (Å²) < 4.78 is 5.55. The van der Waals surface area contributed by atoms with E-state index in [1.807, 2.05) is 38.1 Å². The van der Waals surface area contributed by atoms with Crippen LogP contribution in [0.3, 0.4) is 0 Å². The minimum Gasteiger partial charge on any atom is -0.466 e. The zero-order valence-electron chi connectivity index (χ0n) is 11.7. The molecule has 3 aromatic rings. The molecule has 0 spiro atoms. The molecule has 2 aromatic heterocycles. The highest BCUT2D eigenvalue weighted by Crippen LogP contribution is 2.25. The van der Waals surface area contributed by atoms with Gasteiger partial charge in [0.05, 0.1) is 17.1 Å². The van der Waals surface area contributed by atoms with Crippen molar-refractivity contribution >= 4 is 16.7 Å². The number of hydrogen-bond acceptors (Lipinski definition) is 3. The molecule has 1 atom stereocenters. The van der Waals surface area contributed by atoms with E-state index < -0.39 is 0 Å². The molecule has 2 heterocycles. The van der Waals surface area contributed by atoms with Gasteiger partial charge in [0.15, 0.2) is 0 Å². The van der Waals surface area contributed by atoms with Crippen LogP contribution in [0.15, 0.2) is 33.5 Å². The lowest BCUT2D eigenvalue weighted by atomic mass is 10.1. The molecule has 0 aliphatic rings. The quantitative estimate of drug-likeness (QED) is 0.684. The van der Waals surface area contributed by atoms with E-state index in [4.69, 9.17) is 4.42 Å². The molecule has 0 aliphatic heterocycles. The van der Waals surface area contributed by atoms with E-state index >= 15 is 0 Å². The molecule has 3 rings (SSSR count). The Bertz CT molecular complexity index is 810. The molecule has 104 valence electrons. The fraction of sp³-hybridized carbons (Fsp3) is 0.267. The Labute approximate surface area is 116 Å². The lowest BCUT2D eigenvalue weighted by molar-refractivity contribution is 0.500. The summed E-state index contributed by atoms with van der Waals surface area (Å²) in [6.45, 7) is 5.99. The van der Waals surface area contributed by atoms with Crippen molar-refractivity contribution in [3.63, 3.8) is 0 Å². The molecule has 5 heteroatoms. The number of imidazole rings is 1. The summed E-state index contributed by atoms with van der Waals surface area (Å²) in [6, 6.07) is 7.94. The number of rotatable bonds is 3. The Balaban J connectivity index is 1.88. The molecular formula is C15H17N3O2. The van der Waals surface area contributed by atoms with Gasteiger partial charge >= 0.3 is 5.69 Å². The Morgan fingerprint density at radius 3 is 2.60 bits per heavy atom. The first-order chi connectivity index (χ1) is 9.52. The summed E-state index contributed by atoms with van der Waals surface area (Å²) in [6.07, 6.45) is 0. The second-order valence-corrected chi connectivity index (χ2v) is 5.07. The van der Waals surface area contributed by atoms with Gasteiger partial charge in [0.2, 0.25) is 0 Å². The van der Waals surface area contributed by atoms with E-state index in [0.717, 1.165) is 33.8 Å². The molecule has 0 aliphatic carbocycles. The Hall–Kier alpha value is -2.43. The van der Waals surface area contributed by atoms with Crippen molar-refractivity contribution in [1.82, 2.24) is 9.97 Å². The number of aromatic amines is 2. The van der Waals surface area contributed by atoms with Crippen molar-refractivity contribution in [2.45, 2.75) is 26.8 Å². The highest BCUT2D eigenvalue weighted by molar-refractivity contribution is 5.78. The smallest absolute Gasteiger partial charge is 0.323 e. The highest BCUT2D eigenvalue weighted by Gasteiger charge is 2.12. The molecule has 0 fully saturated rings. The Kier molecular flexibility index (Phi) is 2.89. The van der Waals surface area contributed by atoms with Crippen LogP contribution in [0.4, 0.5) is 5.69 Å². The molecule has 3 N–H and O–H groups in total. The Morgan fingerprint density at radius 2 is 1.90 bits per heavy atom. The van der Waals surface area contributed by atoms with Gasteiger partial charge in [0.1, 0.15) is 11.5 Å². The molecule has 0 saturated carbocycles. The third-order valence-corrected chi connectivity index (χ3v) is 3.45. The zero-order valence-corrected chi connectivity index (χ0v) is 11.7. The molecule has 0 radical (unpaired) electrons. The van der Waals surface area contributed by atoms with Gasteiger partial charge in [-0.05, 0) is 45.0 Å². The van der Waals surface area contributed by atoms with E-state index in [2.05, 4.69) is 22.2 Å². The first kappa shape index (κ1) is 12.6. The van der Waals surface area contributed by atoms with Gasteiger partial charge in [-0.25, -0.2) is 4.79 Å². The van der Waals surface area contributed by atoms with Crippen LogP contribution in [0, 0.1) is 13.8 Å². The number of hydrogen-bond donors (Lipinski definition) is 3. The topological polar surface area (TPSA) is 73.8 Å². The summed E-state index contributed by atoms with van der Waals surface area (Å²) in [5.74, 6) is 1.84. The van der Waals surface area contributed by atoms with Crippen LogP contribution in [0.5, 0.6) is 0 Å². The van der Waals surface area contributed by atoms with Gasteiger partial charge in [-0.3, -0.25) is 0 Å². The monoisotopic (exact) mass is 271 g/mol. The summed E-state index contributed by atoms with van der Waals surface area (Å²) in [4.78, 5) is 16.7. The molecule has 0 amide bonds. The molecule has 20 heavy (non-hydrogen) atoms. The fourth-order valence-corrected chi connectivity index (χ4v) is 2.53. The zero-order chi connectivity index (χ0) is 14.3. The van der Waals surface area contributed by atoms with Crippen LogP contribution < -0.4 is 11.0 Å². The van der Waals surface area contributed by atoms with Crippen LogP contribution in [0.1, 0.15) is 30.0 Å². The number of aryl methyl sites for hydroxylation is 2. The number of anilines is 1. The van der Waals surface area contributed by atoms with Crippen LogP contribution in [-0.4, -0.2) is 9.97 Å². The van der Waals surface area contributed by atoms with Crippen molar-refractivity contribution in [1.29, 1.82) is 0 Å². The predicted molar refractivity (Wildman–Crippen MR) is 79.1 cm³/mol. The summed E-state index contributed by atoms with van der Waals surface area (Å²) in [7, 11) is 0. The van der Waals surface area contributed by atoms with Crippen molar-refractivity contribution in [2.24, 2.45) is 0 Å². The number of furan rings is 1. The second kappa shape index (κ2) is 4.59. The van der Waals surface area contributed by atoms with Crippen LogP contribution in [-0.2, 0) is 0 Å². The normalized spacial score (nSPS) is 12.8. The van der Waals surface area contributed by atoms with Gasteiger partial charge in [-0.2, -0.15) is 0 Å². The number of fused-ring (bicyclic) bond motifs is 1. The van der Waals surface area contributed by atoms with Crippen LogP contribution in [0.2, 0.25) is 0 Å². The summed E-state index contributed by atoms with van der Waals surface area (Å²) in [5.41, 5.74) is 3.52. The largest absolute Gasteiger partial charge is 0.466 e. The van der Waals surface area contributed by atoms with Crippen molar-refractivity contribution in [3.8, 4) is 0 Å². The fourth-order valence-electron chi connectivity index (χ4n) is 2.53. The second-order valence-electron chi connectivity index (χ2n) is 5.07. The van der Waals surface area contributed by atoms with Gasteiger partial charge in [-0.1, -0.05) is 0 Å². The van der Waals surface area contributed by atoms with E-state index in [1.165, 1.54) is 0 Å². The van der Waals surface area contributed by atoms with E-state index in [0.29, 0.717) is 0 Å². The minimum atomic E-state index is -0.188.